The van der Waals surface area contributed by atoms with Crippen LogP contribution in [0.3, 0.4) is 0 Å². The molecule has 0 bridgehead atoms. The Morgan fingerprint density at radius 2 is 1.93 bits per heavy atom. The highest BCUT2D eigenvalue weighted by atomic mass is 32.1. The molecule has 0 atom stereocenters. The highest BCUT2D eigenvalue weighted by Gasteiger charge is 2.20. The van der Waals surface area contributed by atoms with E-state index in [9.17, 15) is 14.0 Å². The van der Waals surface area contributed by atoms with Gasteiger partial charge in [0.2, 0.25) is 0 Å². The number of carbonyl (C=O) groups is 1. The molecule has 2 aromatic heterocycles. The Kier molecular flexibility index (Phi) is 5.67. The van der Waals surface area contributed by atoms with Crippen LogP contribution in [0.15, 0.2) is 29.1 Å². The van der Waals surface area contributed by atoms with Gasteiger partial charge in [-0.3, -0.25) is 14.2 Å². The van der Waals surface area contributed by atoms with Crippen LogP contribution < -0.4 is 5.56 Å². The molecule has 0 N–H and O–H groups in total. The van der Waals surface area contributed by atoms with Gasteiger partial charge in [-0.25, -0.2) is 9.37 Å². The summed E-state index contributed by atoms with van der Waals surface area (Å²) in [5.74, 6) is -0.446. The van der Waals surface area contributed by atoms with Crippen LogP contribution in [0.25, 0.3) is 21.3 Å². The summed E-state index contributed by atoms with van der Waals surface area (Å²) in [5.41, 5.74) is 1.14. The maximum absolute atomic E-state index is 13.3. The monoisotopic (exact) mass is 390 g/mol. The molecule has 0 spiro atoms. The summed E-state index contributed by atoms with van der Waals surface area (Å²) >= 11 is 1.40. The number of halogens is 1. The highest BCUT2D eigenvalue weighted by molar-refractivity contribution is 7.19. The molecule has 0 aliphatic carbocycles. The van der Waals surface area contributed by atoms with Gasteiger partial charge in [-0.2, -0.15) is 0 Å². The number of methoxy groups -OCH3 is 1. The van der Waals surface area contributed by atoms with E-state index in [-0.39, 0.29) is 31.1 Å². The Labute approximate surface area is 159 Å². The summed E-state index contributed by atoms with van der Waals surface area (Å²) < 4.78 is 24.5. The molecule has 0 amide bonds. The summed E-state index contributed by atoms with van der Waals surface area (Å²) in [6, 6.07) is 5.97. The van der Waals surface area contributed by atoms with Gasteiger partial charge < -0.3 is 9.47 Å². The number of aromatic nitrogens is 2. The Hall–Kier alpha value is -2.58. The average Bonchev–Trinajstić information content (AvgIpc) is 2.95. The zero-order valence-corrected chi connectivity index (χ0v) is 16.1. The number of nitrogens with zero attached hydrogens (tertiary/aromatic N) is 2. The third-order valence-corrected chi connectivity index (χ3v) is 5.15. The molecule has 6 nitrogen and oxygen atoms in total. The minimum absolute atomic E-state index is 0.122. The van der Waals surface area contributed by atoms with Gasteiger partial charge in [-0.15, -0.1) is 11.3 Å². The fourth-order valence-corrected chi connectivity index (χ4v) is 3.94. The Morgan fingerprint density at radius 3 is 2.59 bits per heavy atom. The summed E-state index contributed by atoms with van der Waals surface area (Å²) in [5, 5.41) is 0.430. The zero-order valence-electron chi connectivity index (χ0n) is 15.2. The zero-order chi connectivity index (χ0) is 19.6. The highest BCUT2D eigenvalue weighted by Crippen LogP contribution is 2.35. The van der Waals surface area contributed by atoms with Crippen molar-refractivity contribution < 1.29 is 18.7 Å². The van der Waals surface area contributed by atoms with E-state index < -0.39 is 5.97 Å². The SMILES string of the molecule is COCCOC(=O)Cn1c(C)nc2sc(C)c(-c3ccc(F)cc3)c2c1=O. The number of carbonyl (C=O) groups excluding carboxylic acids is 1. The van der Waals surface area contributed by atoms with Crippen LogP contribution in [0.4, 0.5) is 4.39 Å². The van der Waals surface area contributed by atoms with Crippen molar-refractivity contribution in [3.8, 4) is 11.1 Å². The molecule has 0 aliphatic rings. The number of hydrogen-bond acceptors (Lipinski definition) is 6. The predicted molar refractivity (Wildman–Crippen MR) is 102 cm³/mol. The van der Waals surface area contributed by atoms with Gasteiger partial charge in [-0.1, -0.05) is 12.1 Å². The lowest BCUT2D eigenvalue weighted by Gasteiger charge is -2.10. The number of thiophene rings is 1. The third kappa shape index (κ3) is 3.91. The van der Waals surface area contributed by atoms with Crippen LogP contribution in [0.2, 0.25) is 0 Å². The lowest BCUT2D eigenvalue weighted by Crippen LogP contribution is -2.28. The second kappa shape index (κ2) is 7.98. The topological polar surface area (TPSA) is 70.4 Å². The number of ether oxygens (including phenoxy) is 2. The van der Waals surface area contributed by atoms with Crippen molar-refractivity contribution >= 4 is 27.5 Å². The summed E-state index contributed by atoms with van der Waals surface area (Å²) in [6.07, 6.45) is 0. The van der Waals surface area contributed by atoms with E-state index in [4.69, 9.17) is 9.47 Å². The van der Waals surface area contributed by atoms with Crippen molar-refractivity contribution in [2.45, 2.75) is 20.4 Å². The van der Waals surface area contributed by atoms with Crippen LogP contribution in [0.1, 0.15) is 10.7 Å². The lowest BCUT2D eigenvalue weighted by molar-refractivity contribution is -0.145. The molecule has 3 rings (SSSR count). The minimum Gasteiger partial charge on any atom is -0.462 e. The van der Waals surface area contributed by atoms with Gasteiger partial charge in [0.15, 0.2) is 0 Å². The molecule has 3 aromatic rings. The van der Waals surface area contributed by atoms with Crippen molar-refractivity contribution in [2.75, 3.05) is 20.3 Å². The van der Waals surface area contributed by atoms with Gasteiger partial charge in [0.1, 0.15) is 29.6 Å². The first kappa shape index (κ1) is 19.2. The van der Waals surface area contributed by atoms with Crippen molar-refractivity contribution in [1.82, 2.24) is 9.55 Å². The maximum Gasteiger partial charge on any atom is 0.326 e. The number of benzene rings is 1. The average molecular weight is 390 g/mol. The second-order valence-corrected chi connectivity index (χ2v) is 7.19. The van der Waals surface area contributed by atoms with E-state index in [0.29, 0.717) is 21.6 Å². The van der Waals surface area contributed by atoms with E-state index >= 15 is 0 Å². The Balaban J connectivity index is 2.07. The molecular formula is C19H19FN2O4S. The number of aryl methyl sites for hydroxylation is 2. The normalized spacial score (nSPS) is 11.1. The quantitative estimate of drug-likeness (QED) is 0.478. The molecule has 0 unspecified atom stereocenters. The van der Waals surface area contributed by atoms with Gasteiger partial charge in [-0.05, 0) is 31.5 Å². The van der Waals surface area contributed by atoms with Crippen LogP contribution >= 0.6 is 11.3 Å². The van der Waals surface area contributed by atoms with E-state index in [1.807, 2.05) is 6.92 Å². The summed E-state index contributed by atoms with van der Waals surface area (Å²) in [6.45, 7) is 3.75. The number of hydrogen-bond donors (Lipinski definition) is 0. The van der Waals surface area contributed by atoms with Crippen molar-refractivity contribution in [1.29, 1.82) is 0 Å². The molecule has 0 saturated carbocycles. The molecule has 27 heavy (non-hydrogen) atoms. The van der Waals surface area contributed by atoms with E-state index in [2.05, 4.69) is 4.98 Å². The van der Waals surface area contributed by atoms with E-state index in [1.165, 1.54) is 35.1 Å². The fourth-order valence-electron chi connectivity index (χ4n) is 2.86. The Bertz CT molecular complexity index is 1040. The predicted octanol–water partition coefficient (Wildman–Crippen LogP) is 3.07. The smallest absolute Gasteiger partial charge is 0.326 e. The minimum atomic E-state index is -0.534. The van der Waals surface area contributed by atoms with Crippen molar-refractivity contribution in [2.24, 2.45) is 0 Å². The summed E-state index contributed by atoms with van der Waals surface area (Å²) in [4.78, 5) is 31.1. The van der Waals surface area contributed by atoms with Gasteiger partial charge >= 0.3 is 5.97 Å². The number of fused-ring (bicyclic) bond motifs is 1. The van der Waals surface area contributed by atoms with E-state index in [0.717, 1.165) is 10.4 Å². The van der Waals surface area contributed by atoms with Crippen LogP contribution in [-0.2, 0) is 20.8 Å². The first-order valence-corrected chi connectivity index (χ1v) is 9.15. The molecule has 0 saturated heterocycles. The number of rotatable bonds is 6. The molecule has 1 aromatic carbocycles. The standard InChI is InChI=1S/C19H19FN2O4S/c1-11-16(13-4-6-14(20)7-5-13)17-18(27-11)21-12(2)22(19(17)24)10-15(23)26-9-8-25-3/h4-7H,8-10H2,1-3H3. The Morgan fingerprint density at radius 1 is 1.22 bits per heavy atom. The summed E-state index contributed by atoms with van der Waals surface area (Å²) in [7, 11) is 1.51. The fraction of sp³-hybridized carbons (Fsp3) is 0.316. The van der Waals surface area contributed by atoms with Crippen LogP contribution in [-0.4, -0.2) is 35.8 Å². The lowest BCUT2D eigenvalue weighted by atomic mass is 10.0. The van der Waals surface area contributed by atoms with Crippen molar-refractivity contribution in [3.05, 3.63) is 51.1 Å². The molecule has 8 heteroatoms. The first-order chi connectivity index (χ1) is 12.9. The molecule has 142 valence electrons. The van der Waals surface area contributed by atoms with Crippen LogP contribution in [0, 0.1) is 19.7 Å². The van der Waals surface area contributed by atoms with E-state index in [1.54, 1.807) is 19.1 Å². The van der Waals surface area contributed by atoms with Gasteiger partial charge in [0.05, 0.1) is 12.0 Å². The van der Waals surface area contributed by atoms with Gasteiger partial charge in [0.25, 0.3) is 5.56 Å². The van der Waals surface area contributed by atoms with Crippen molar-refractivity contribution in [3.63, 3.8) is 0 Å². The molecule has 0 fully saturated rings. The second-order valence-electron chi connectivity index (χ2n) is 5.98. The molecule has 2 heterocycles. The largest absolute Gasteiger partial charge is 0.462 e. The van der Waals surface area contributed by atoms with Gasteiger partial charge in [0, 0.05) is 17.6 Å². The first-order valence-electron chi connectivity index (χ1n) is 8.33. The molecule has 0 aliphatic heterocycles. The van der Waals surface area contributed by atoms with Crippen LogP contribution in [0.5, 0.6) is 0 Å². The number of esters is 1. The molecular weight excluding hydrogens is 371 g/mol. The molecule has 0 radical (unpaired) electrons. The third-order valence-electron chi connectivity index (χ3n) is 4.15. The maximum atomic E-state index is 13.3.